The first-order valence-corrected chi connectivity index (χ1v) is 8.85. The summed E-state index contributed by atoms with van der Waals surface area (Å²) in [6.45, 7) is 2.29. The first-order chi connectivity index (χ1) is 12.9. The minimum atomic E-state index is -1.49. The Bertz CT molecular complexity index is 800. The Balaban J connectivity index is 1.68. The Morgan fingerprint density at radius 3 is 2.81 bits per heavy atom. The molecule has 1 aromatic heterocycles. The lowest BCUT2D eigenvalue weighted by molar-refractivity contribution is 0.0440. The van der Waals surface area contributed by atoms with Gasteiger partial charge in [-0.3, -0.25) is 4.79 Å². The van der Waals surface area contributed by atoms with Crippen molar-refractivity contribution in [3.63, 3.8) is 0 Å². The van der Waals surface area contributed by atoms with E-state index in [1.54, 1.807) is 30.5 Å². The number of carbonyl (C=O) groups is 1. The van der Waals surface area contributed by atoms with Gasteiger partial charge in [0.05, 0.1) is 13.2 Å². The number of amides is 1. The van der Waals surface area contributed by atoms with Crippen LogP contribution in [0.4, 0.5) is 14.6 Å². The van der Waals surface area contributed by atoms with Gasteiger partial charge in [0, 0.05) is 37.9 Å². The van der Waals surface area contributed by atoms with Crippen molar-refractivity contribution in [2.75, 3.05) is 32.1 Å². The second-order valence-corrected chi connectivity index (χ2v) is 6.91. The van der Waals surface area contributed by atoms with E-state index < -0.39 is 5.67 Å². The Hall–Kier alpha value is -2.54. The van der Waals surface area contributed by atoms with Gasteiger partial charge >= 0.3 is 0 Å². The first-order valence-electron chi connectivity index (χ1n) is 8.85. The third-order valence-electron chi connectivity index (χ3n) is 4.74. The van der Waals surface area contributed by atoms with Gasteiger partial charge in [-0.2, -0.15) is 0 Å². The van der Waals surface area contributed by atoms with E-state index in [4.69, 9.17) is 4.74 Å². The van der Waals surface area contributed by atoms with Gasteiger partial charge in [0.2, 0.25) is 0 Å². The predicted molar refractivity (Wildman–Crippen MR) is 98.9 cm³/mol. The predicted octanol–water partition coefficient (Wildman–Crippen LogP) is 3.59. The van der Waals surface area contributed by atoms with Crippen LogP contribution in [0.3, 0.4) is 0 Å². The van der Waals surface area contributed by atoms with Crippen molar-refractivity contribution in [2.45, 2.75) is 25.1 Å². The maximum absolute atomic E-state index is 14.5. The highest BCUT2D eigenvalue weighted by atomic mass is 19.1. The summed E-state index contributed by atoms with van der Waals surface area (Å²) in [5.41, 5.74) is -0.146. The zero-order valence-corrected chi connectivity index (χ0v) is 15.4. The SMILES string of the molecule is COCC1(F)CCN(C(=O)c2ccnc(N[C@H](C)c3ccc(F)cc3)c2)C1. The number of carbonyl (C=O) groups excluding carboxylic acids is 1. The van der Waals surface area contributed by atoms with Crippen molar-refractivity contribution in [1.29, 1.82) is 0 Å². The molecule has 0 saturated carbocycles. The summed E-state index contributed by atoms with van der Waals surface area (Å²) < 4.78 is 32.5. The van der Waals surface area contributed by atoms with Gasteiger partial charge in [-0.25, -0.2) is 13.8 Å². The maximum Gasteiger partial charge on any atom is 0.254 e. The van der Waals surface area contributed by atoms with Crippen molar-refractivity contribution < 1.29 is 18.3 Å². The van der Waals surface area contributed by atoms with Gasteiger partial charge in [-0.15, -0.1) is 0 Å². The molecule has 1 aliphatic rings. The summed E-state index contributed by atoms with van der Waals surface area (Å²) >= 11 is 0. The lowest BCUT2D eigenvalue weighted by Crippen LogP contribution is -2.36. The summed E-state index contributed by atoms with van der Waals surface area (Å²) in [5.74, 6) is 0.00508. The molecule has 0 spiro atoms. The molecule has 0 bridgehead atoms. The molecule has 7 heteroatoms. The number of hydrogen-bond donors (Lipinski definition) is 1. The molecule has 2 atom stereocenters. The van der Waals surface area contributed by atoms with Crippen LogP contribution in [0.1, 0.15) is 35.3 Å². The highest BCUT2D eigenvalue weighted by molar-refractivity contribution is 5.95. The minimum Gasteiger partial charge on any atom is -0.381 e. The average Bonchev–Trinajstić information content (AvgIpc) is 3.04. The number of anilines is 1. The van der Waals surface area contributed by atoms with Crippen molar-refractivity contribution >= 4 is 11.7 Å². The number of hydrogen-bond acceptors (Lipinski definition) is 4. The van der Waals surface area contributed by atoms with E-state index >= 15 is 0 Å². The topological polar surface area (TPSA) is 54.5 Å². The standard InChI is InChI=1S/C20H23F2N3O2/c1-14(15-3-5-17(21)6-4-15)24-18-11-16(7-9-23-18)19(26)25-10-8-20(22,12-25)13-27-2/h3-7,9,11,14H,8,10,12-13H2,1-2H3,(H,23,24)/t14-,20?/m1/s1. The molecule has 0 radical (unpaired) electrons. The molecule has 1 aromatic carbocycles. The summed E-state index contributed by atoms with van der Waals surface area (Å²) in [7, 11) is 1.45. The molecular formula is C20H23F2N3O2. The van der Waals surface area contributed by atoms with Crippen LogP contribution in [0.15, 0.2) is 42.6 Å². The second-order valence-electron chi connectivity index (χ2n) is 6.91. The molecule has 1 saturated heterocycles. The van der Waals surface area contributed by atoms with E-state index in [1.165, 1.54) is 24.1 Å². The largest absolute Gasteiger partial charge is 0.381 e. The highest BCUT2D eigenvalue weighted by Gasteiger charge is 2.40. The Morgan fingerprint density at radius 1 is 1.37 bits per heavy atom. The van der Waals surface area contributed by atoms with Gasteiger partial charge in [-0.05, 0) is 36.8 Å². The molecule has 2 heterocycles. The van der Waals surface area contributed by atoms with Gasteiger partial charge in [0.1, 0.15) is 11.6 Å². The van der Waals surface area contributed by atoms with E-state index in [2.05, 4.69) is 10.3 Å². The van der Waals surface area contributed by atoms with Crippen LogP contribution < -0.4 is 5.32 Å². The molecule has 1 fully saturated rings. The molecule has 0 aliphatic carbocycles. The smallest absolute Gasteiger partial charge is 0.254 e. The van der Waals surface area contributed by atoms with E-state index in [-0.39, 0.29) is 37.3 Å². The lowest BCUT2D eigenvalue weighted by atomic mass is 10.1. The highest BCUT2D eigenvalue weighted by Crippen LogP contribution is 2.27. The number of nitrogens with zero attached hydrogens (tertiary/aromatic N) is 2. The zero-order chi connectivity index (χ0) is 19.4. The molecule has 1 amide bonds. The molecule has 2 aromatic rings. The number of ether oxygens (including phenoxy) is 1. The van der Waals surface area contributed by atoms with Crippen molar-refractivity contribution in [3.05, 3.63) is 59.5 Å². The van der Waals surface area contributed by atoms with Gasteiger partial charge in [-0.1, -0.05) is 12.1 Å². The van der Waals surface area contributed by atoms with E-state index in [0.29, 0.717) is 17.9 Å². The fourth-order valence-corrected chi connectivity index (χ4v) is 3.27. The molecule has 1 aliphatic heterocycles. The van der Waals surface area contributed by atoms with E-state index in [9.17, 15) is 13.6 Å². The van der Waals surface area contributed by atoms with Crippen LogP contribution in [-0.2, 0) is 4.74 Å². The summed E-state index contributed by atoms with van der Waals surface area (Å²) in [6, 6.07) is 9.35. The van der Waals surface area contributed by atoms with E-state index in [0.717, 1.165) is 5.56 Å². The summed E-state index contributed by atoms with van der Waals surface area (Å²) in [6.07, 6.45) is 1.81. The van der Waals surface area contributed by atoms with Gasteiger partial charge in [0.25, 0.3) is 5.91 Å². The number of rotatable bonds is 6. The number of aromatic nitrogens is 1. The second kappa shape index (κ2) is 8.00. The van der Waals surface area contributed by atoms with Crippen LogP contribution in [0, 0.1) is 5.82 Å². The Morgan fingerprint density at radius 2 is 2.11 bits per heavy atom. The van der Waals surface area contributed by atoms with Gasteiger partial charge < -0.3 is 15.0 Å². The number of alkyl halides is 1. The third kappa shape index (κ3) is 4.60. The number of likely N-dealkylation sites (tertiary alicyclic amines) is 1. The fourth-order valence-electron chi connectivity index (χ4n) is 3.27. The normalized spacial score (nSPS) is 20.5. The van der Waals surface area contributed by atoms with Crippen molar-refractivity contribution in [1.82, 2.24) is 9.88 Å². The first kappa shape index (κ1) is 19.2. The quantitative estimate of drug-likeness (QED) is 0.838. The third-order valence-corrected chi connectivity index (χ3v) is 4.74. The number of halogens is 2. The molecular weight excluding hydrogens is 352 g/mol. The van der Waals surface area contributed by atoms with Crippen molar-refractivity contribution in [3.8, 4) is 0 Å². The Kier molecular flexibility index (Phi) is 5.70. The van der Waals surface area contributed by atoms with Crippen LogP contribution in [0.2, 0.25) is 0 Å². The molecule has 1 N–H and O–H groups in total. The van der Waals surface area contributed by atoms with E-state index in [1.807, 2.05) is 6.92 Å². The van der Waals surface area contributed by atoms with Crippen molar-refractivity contribution in [2.24, 2.45) is 0 Å². The molecule has 27 heavy (non-hydrogen) atoms. The molecule has 1 unspecified atom stereocenters. The number of benzene rings is 1. The summed E-state index contributed by atoms with van der Waals surface area (Å²) in [4.78, 5) is 18.4. The van der Waals surface area contributed by atoms with Crippen LogP contribution in [-0.4, -0.2) is 48.3 Å². The minimum absolute atomic E-state index is 0.0187. The van der Waals surface area contributed by atoms with Crippen LogP contribution in [0.5, 0.6) is 0 Å². The van der Waals surface area contributed by atoms with Crippen LogP contribution in [0.25, 0.3) is 0 Å². The van der Waals surface area contributed by atoms with Crippen LogP contribution >= 0.6 is 0 Å². The lowest BCUT2D eigenvalue weighted by Gasteiger charge is -2.20. The molecule has 144 valence electrons. The monoisotopic (exact) mass is 375 g/mol. The van der Waals surface area contributed by atoms with Gasteiger partial charge in [0.15, 0.2) is 5.67 Å². The Labute approximate surface area is 157 Å². The average molecular weight is 375 g/mol. The molecule has 5 nitrogen and oxygen atoms in total. The molecule has 3 rings (SSSR count). The number of pyridine rings is 1. The number of methoxy groups -OCH3 is 1. The summed E-state index contributed by atoms with van der Waals surface area (Å²) in [5, 5.41) is 3.20. The number of nitrogens with one attached hydrogen (secondary N) is 1. The fraction of sp³-hybridized carbons (Fsp3) is 0.400. The maximum atomic E-state index is 14.5. The zero-order valence-electron chi connectivity index (χ0n) is 15.4.